The highest BCUT2D eigenvalue weighted by molar-refractivity contribution is 6.13. The highest BCUT2D eigenvalue weighted by atomic mass is 16.4. The van der Waals surface area contributed by atoms with Crippen LogP contribution in [0.15, 0.2) is 40.1 Å². The molecule has 0 aromatic heterocycles. The SMILES string of the molecule is Cc1ccc(/C=C2\N=C(N/N=C/[C@@H](O)[C@@H](O)[C@H](O)[C@H](O)CO)NC2=O)cc1. The van der Waals surface area contributed by atoms with Gasteiger partial charge in [0.15, 0.2) is 0 Å². The monoisotopic (exact) mass is 378 g/mol. The Balaban J connectivity index is 1.96. The minimum Gasteiger partial charge on any atom is -0.394 e. The molecule has 146 valence electrons. The quantitative estimate of drug-likeness (QED) is 0.161. The van der Waals surface area contributed by atoms with Gasteiger partial charge < -0.3 is 25.5 Å². The first-order valence-electron chi connectivity index (χ1n) is 8.12. The number of rotatable bonds is 7. The van der Waals surface area contributed by atoms with Crippen molar-refractivity contribution >= 4 is 24.2 Å². The molecule has 0 unspecified atom stereocenters. The predicted molar refractivity (Wildman–Crippen MR) is 97.5 cm³/mol. The molecule has 0 aliphatic carbocycles. The molecule has 0 radical (unpaired) electrons. The Morgan fingerprint density at radius 3 is 2.48 bits per heavy atom. The first-order chi connectivity index (χ1) is 12.8. The third-order valence-corrected chi connectivity index (χ3v) is 3.76. The van der Waals surface area contributed by atoms with Gasteiger partial charge in [0.05, 0.1) is 12.8 Å². The lowest BCUT2D eigenvalue weighted by atomic mass is 10.0. The summed E-state index contributed by atoms with van der Waals surface area (Å²) >= 11 is 0. The Bertz CT molecular complexity index is 746. The average molecular weight is 378 g/mol. The van der Waals surface area contributed by atoms with Crippen LogP contribution in [0.5, 0.6) is 0 Å². The van der Waals surface area contributed by atoms with Crippen LogP contribution >= 0.6 is 0 Å². The van der Waals surface area contributed by atoms with Crippen LogP contribution in [0, 0.1) is 6.92 Å². The second-order valence-electron chi connectivity index (χ2n) is 5.97. The van der Waals surface area contributed by atoms with Gasteiger partial charge in [-0.3, -0.25) is 10.1 Å². The van der Waals surface area contributed by atoms with Gasteiger partial charge in [0, 0.05) is 0 Å². The standard InChI is InChI=1S/C17H22N4O6/c1-9-2-4-10(5-3-9)6-11-16(27)20-17(19-11)21-18-7-12(23)14(25)15(26)13(24)8-22/h2-7,12-15,22-26H,8H2,1H3,(H2,19,20,21,27)/b11-6-,18-7+/t12-,13-,14-,15-/m1/s1. The van der Waals surface area contributed by atoms with Crippen molar-refractivity contribution in [1.82, 2.24) is 10.7 Å². The summed E-state index contributed by atoms with van der Waals surface area (Å²) in [5.41, 5.74) is 4.44. The summed E-state index contributed by atoms with van der Waals surface area (Å²) < 4.78 is 0. The largest absolute Gasteiger partial charge is 0.394 e. The van der Waals surface area contributed by atoms with E-state index in [0.717, 1.165) is 17.3 Å². The maximum absolute atomic E-state index is 11.9. The molecule has 0 fully saturated rings. The van der Waals surface area contributed by atoms with Gasteiger partial charge in [0.25, 0.3) is 5.91 Å². The zero-order chi connectivity index (χ0) is 20.0. The molecule has 2 rings (SSSR count). The zero-order valence-electron chi connectivity index (χ0n) is 14.5. The molecule has 1 aromatic rings. The molecule has 1 heterocycles. The van der Waals surface area contributed by atoms with E-state index in [4.69, 9.17) is 5.11 Å². The number of aliphatic hydroxyl groups is 5. The van der Waals surface area contributed by atoms with Gasteiger partial charge in [-0.2, -0.15) is 5.10 Å². The van der Waals surface area contributed by atoms with E-state index in [-0.39, 0.29) is 11.7 Å². The summed E-state index contributed by atoms with van der Waals surface area (Å²) in [6, 6.07) is 7.50. The molecule has 1 aliphatic rings. The van der Waals surface area contributed by atoms with E-state index in [0.29, 0.717) is 0 Å². The van der Waals surface area contributed by atoms with Crippen LogP contribution in [-0.2, 0) is 4.79 Å². The molecule has 0 bridgehead atoms. The molecule has 1 amide bonds. The molecule has 1 aromatic carbocycles. The highest BCUT2D eigenvalue weighted by Crippen LogP contribution is 2.12. The number of carbonyl (C=O) groups is 1. The van der Waals surface area contributed by atoms with E-state index in [1.165, 1.54) is 0 Å². The number of aliphatic imine (C=N–C) groups is 1. The molecule has 0 saturated heterocycles. The second-order valence-corrected chi connectivity index (χ2v) is 5.97. The number of aryl methyl sites for hydroxylation is 1. The Labute approximate surface area is 155 Å². The molecule has 10 nitrogen and oxygen atoms in total. The number of hydrazone groups is 1. The smallest absolute Gasteiger partial charge is 0.276 e. The summed E-state index contributed by atoms with van der Waals surface area (Å²) in [6.07, 6.45) is -4.32. The fourth-order valence-corrected chi connectivity index (χ4v) is 2.14. The molecule has 0 saturated carbocycles. The molecule has 1 aliphatic heterocycles. The first-order valence-corrected chi connectivity index (χ1v) is 8.12. The van der Waals surface area contributed by atoms with E-state index in [1.54, 1.807) is 6.08 Å². The number of hydrogen-bond donors (Lipinski definition) is 7. The van der Waals surface area contributed by atoms with Crippen LogP contribution < -0.4 is 10.7 Å². The number of amides is 1. The Morgan fingerprint density at radius 2 is 1.85 bits per heavy atom. The Morgan fingerprint density at radius 1 is 1.19 bits per heavy atom. The highest BCUT2D eigenvalue weighted by Gasteiger charge is 2.29. The van der Waals surface area contributed by atoms with E-state index >= 15 is 0 Å². The van der Waals surface area contributed by atoms with Crippen LogP contribution in [0.4, 0.5) is 0 Å². The number of nitrogens with one attached hydrogen (secondary N) is 2. The fourth-order valence-electron chi connectivity index (χ4n) is 2.14. The maximum atomic E-state index is 11.9. The maximum Gasteiger partial charge on any atom is 0.276 e. The lowest BCUT2D eigenvalue weighted by molar-refractivity contribution is -0.115. The summed E-state index contributed by atoms with van der Waals surface area (Å²) in [6.45, 7) is 1.17. The number of guanidine groups is 1. The van der Waals surface area contributed by atoms with E-state index in [2.05, 4.69) is 20.8 Å². The molecule has 10 heteroatoms. The third kappa shape index (κ3) is 5.67. The minimum absolute atomic E-state index is 0.0206. The molecular weight excluding hydrogens is 356 g/mol. The minimum atomic E-state index is -1.77. The Hall–Kier alpha value is -2.63. The third-order valence-electron chi connectivity index (χ3n) is 3.76. The van der Waals surface area contributed by atoms with Crippen molar-refractivity contribution in [1.29, 1.82) is 0 Å². The molecule has 7 N–H and O–H groups in total. The number of hydrogen-bond acceptors (Lipinski definition) is 9. The van der Waals surface area contributed by atoms with Gasteiger partial charge in [0.2, 0.25) is 5.96 Å². The van der Waals surface area contributed by atoms with Gasteiger partial charge in [0.1, 0.15) is 30.1 Å². The van der Waals surface area contributed by atoms with Crippen LogP contribution in [0.2, 0.25) is 0 Å². The van der Waals surface area contributed by atoms with Crippen LogP contribution in [0.1, 0.15) is 11.1 Å². The number of benzene rings is 1. The van der Waals surface area contributed by atoms with Gasteiger partial charge in [-0.1, -0.05) is 29.8 Å². The topological polar surface area (TPSA) is 167 Å². The van der Waals surface area contributed by atoms with Crippen molar-refractivity contribution in [2.75, 3.05) is 6.61 Å². The molecular formula is C17H22N4O6. The number of nitrogens with zero attached hydrogens (tertiary/aromatic N) is 2. The van der Waals surface area contributed by atoms with Crippen molar-refractivity contribution < 1.29 is 30.3 Å². The van der Waals surface area contributed by atoms with Gasteiger partial charge in [-0.25, -0.2) is 10.4 Å². The average Bonchev–Trinajstić information content (AvgIpc) is 3.00. The van der Waals surface area contributed by atoms with Gasteiger partial charge >= 0.3 is 0 Å². The number of aliphatic hydroxyl groups excluding tert-OH is 5. The van der Waals surface area contributed by atoms with Crippen molar-refractivity contribution in [2.45, 2.75) is 31.3 Å². The lowest BCUT2D eigenvalue weighted by Crippen LogP contribution is -2.46. The lowest BCUT2D eigenvalue weighted by Gasteiger charge is -2.23. The predicted octanol–water partition coefficient (Wildman–Crippen LogP) is -2.17. The zero-order valence-corrected chi connectivity index (χ0v) is 14.5. The van der Waals surface area contributed by atoms with Gasteiger partial charge in [-0.05, 0) is 18.6 Å². The van der Waals surface area contributed by atoms with Crippen LogP contribution in [-0.4, -0.2) is 74.6 Å². The second kappa shape index (κ2) is 9.35. The molecule has 0 spiro atoms. The molecule has 27 heavy (non-hydrogen) atoms. The first kappa shape index (κ1) is 20.7. The fraction of sp³-hybridized carbons (Fsp3) is 0.353. The van der Waals surface area contributed by atoms with Crippen LogP contribution in [0.3, 0.4) is 0 Å². The van der Waals surface area contributed by atoms with Crippen molar-refractivity contribution in [2.24, 2.45) is 10.1 Å². The molecule has 4 atom stereocenters. The van der Waals surface area contributed by atoms with E-state index in [9.17, 15) is 25.2 Å². The summed E-state index contributed by atoms with van der Waals surface area (Å²) in [7, 11) is 0. The number of carbonyl (C=O) groups excluding carboxylic acids is 1. The van der Waals surface area contributed by atoms with Crippen LogP contribution in [0.25, 0.3) is 6.08 Å². The summed E-state index contributed by atoms with van der Waals surface area (Å²) in [4.78, 5) is 15.9. The van der Waals surface area contributed by atoms with E-state index < -0.39 is 36.9 Å². The van der Waals surface area contributed by atoms with Crippen molar-refractivity contribution in [3.63, 3.8) is 0 Å². The van der Waals surface area contributed by atoms with Gasteiger partial charge in [-0.15, -0.1) is 0 Å². The van der Waals surface area contributed by atoms with Crippen molar-refractivity contribution in [3.8, 4) is 0 Å². The van der Waals surface area contributed by atoms with E-state index in [1.807, 2.05) is 31.2 Å². The van der Waals surface area contributed by atoms with Crippen molar-refractivity contribution in [3.05, 3.63) is 41.1 Å². The normalized spacial score (nSPS) is 20.3. The Kier molecular flexibility index (Phi) is 7.16. The summed E-state index contributed by atoms with van der Waals surface area (Å²) in [5, 5.41) is 52.9. The summed E-state index contributed by atoms with van der Waals surface area (Å²) in [5.74, 6) is -0.414.